The second-order valence-electron chi connectivity index (χ2n) is 7.29. The lowest BCUT2D eigenvalue weighted by Gasteiger charge is -2.34. The van der Waals surface area contributed by atoms with Crippen LogP contribution in [0, 0.1) is 13.8 Å². The summed E-state index contributed by atoms with van der Waals surface area (Å²) in [5, 5.41) is 1.02. The average molecular weight is 396 g/mol. The van der Waals surface area contributed by atoms with Crippen LogP contribution in [-0.2, 0) is 11.2 Å². The van der Waals surface area contributed by atoms with Gasteiger partial charge in [-0.2, -0.15) is 0 Å². The average Bonchev–Trinajstić information content (AvgIpc) is 3.14. The molecule has 0 unspecified atom stereocenters. The van der Waals surface area contributed by atoms with E-state index in [9.17, 15) is 4.79 Å². The van der Waals surface area contributed by atoms with Crippen LogP contribution in [0.2, 0.25) is 0 Å². The van der Waals surface area contributed by atoms with Crippen LogP contribution >= 0.6 is 11.3 Å². The van der Waals surface area contributed by atoms with Crippen molar-refractivity contribution in [2.24, 2.45) is 0 Å². The van der Waals surface area contributed by atoms with Crippen LogP contribution in [0.3, 0.4) is 0 Å². The molecule has 2 aromatic carbocycles. The molecule has 2 heterocycles. The first kappa shape index (κ1) is 18.7. The van der Waals surface area contributed by atoms with Crippen molar-refractivity contribution < 1.29 is 9.53 Å². The van der Waals surface area contributed by atoms with E-state index >= 15 is 0 Å². The molecule has 0 atom stereocenters. The lowest BCUT2D eigenvalue weighted by Crippen LogP contribution is -2.49. The zero-order valence-electron chi connectivity index (χ0n) is 16.6. The van der Waals surface area contributed by atoms with Crippen LogP contribution in [0.15, 0.2) is 36.4 Å². The number of ether oxygens (including phenoxy) is 1. The maximum atomic E-state index is 12.7. The summed E-state index contributed by atoms with van der Waals surface area (Å²) in [7, 11) is 1.68. The Morgan fingerprint density at radius 3 is 2.57 bits per heavy atom. The van der Waals surface area contributed by atoms with Crippen LogP contribution in [0.5, 0.6) is 5.75 Å². The first-order valence-electron chi connectivity index (χ1n) is 9.57. The molecule has 146 valence electrons. The molecule has 1 aromatic heterocycles. The van der Waals surface area contributed by atoms with Gasteiger partial charge in [-0.25, -0.2) is 4.98 Å². The molecule has 1 saturated heterocycles. The number of amides is 1. The zero-order chi connectivity index (χ0) is 19.7. The van der Waals surface area contributed by atoms with Crippen molar-refractivity contribution in [3.05, 3.63) is 53.1 Å². The largest absolute Gasteiger partial charge is 0.497 e. The number of hydrogen-bond acceptors (Lipinski definition) is 5. The molecule has 1 aliphatic rings. The van der Waals surface area contributed by atoms with Crippen molar-refractivity contribution in [2.45, 2.75) is 20.3 Å². The molecule has 1 amide bonds. The third kappa shape index (κ3) is 3.83. The fourth-order valence-electron chi connectivity index (χ4n) is 3.50. The number of carbonyl (C=O) groups excluding carboxylic acids is 1. The molecular formula is C22H25N3O2S. The van der Waals surface area contributed by atoms with Crippen molar-refractivity contribution in [1.82, 2.24) is 9.88 Å². The predicted molar refractivity (Wildman–Crippen MR) is 115 cm³/mol. The topological polar surface area (TPSA) is 45.7 Å². The lowest BCUT2D eigenvalue weighted by molar-refractivity contribution is -0.130. The Morgan fingerprint density at radius 1 is 1.07 bits per heavy atom. The number of nitrogens with zero attached hydrogens (tertiary/aromatic N) is 3. The number of thiazole rings is 1. The van der Waals surface area contributed by atoms with Gasteiger partial charge in [0.1, 0.15) is 5.75 Å². The molecule has 0 spiro atoms. The Hall–Kier alpha value is -2.60. The summed E-state index contributed by atoms with van der Waals surface area (Å²) < 4.78 is 6.43. The van der Waals surface area contributed by atoms with Crippen LogP contribution < -0.4 is 9.64 Å². The molecule has 0 N–H and O–H groups in total. The Kier molecular flexibility index (Phi) is 5.22. The monoisotopic (exact) mass is 395 g/mol. The molecule has 1 fully saturated rings. The first-order valence-corrected chi connectivity index (χ1v) is 10.4. The van der Waals surface area contributed by atoms with E-state index < -0.39 is 0 Å². The van der Waals surface area contributed by atoms with E-state index in [1.807, 2.05) is 23.1 Å². The molecule has 1 aliphatic heterocycles. The summed E-state index contributed by atoms with van der Waals surface area (Å²) in [6.07, 6.45) is 0.474. The third-order valence-corrected chi connectivity index (χ3v) is 6.49. The van der Waals surface area contributed by atoms with Gasteiger partial charge in [0.25, 0.3) is 0 Å². The summed E-state index contributed by atoms with van der Waals surface area (Å²) in [5.41, 5.74) is 4.59. The molecule has 4 rings (SSSR count). The number of fused-ring (bicyclic) bond motifs is 1. The number of anilines is 1. The van der Waals surface area contributed by atoms with E-state index in [2.05, 4.69) is 36.9 Å². The highest BCUT2D eigenvalue weighted by molar-refractivity contribution is 7.22. The fourth-order valence-corrected chi connectivity index (χ4v) is 4.55. The smallest absolute Gasteiger partial charge is 0.227 e. The molecule has 6 heteroatoms. The molecule has 0 bridgehead atoms. The van der Waals surface area contributed by atoms with Crippen molar-refractivity contribution in [3.8, 4) is 5.75 Å². The van der Waals surface area contributed by atoms with Gasteiger partial charge in [0.2, 0.25) is 5.91 Å². The molecule has 0 aliphatic carbocycles. The van der Waals surface area contributed by atoms with E-state index in [1.54, 1.807) is 18.4 Å². The van der Waals surface area contributed by atoms with Crippen molar-refractivity contribution in [3.63, 3.8) is 0 Å². The SMILES string of the molecule is COc1ccc2nc(N3CCN(C(=O)Cc4ccc(C)c(C)c4)CC3)sc2c1. The van der Waals surface area contributed by atoms with Crippen molar-refractivity contribution >= 4 is 32.6 Å². The summed E-state index contributed by atoms with van der Waals surface area (Å²) in [4.78, 5) is 21.7. The fraction of sp³-hybridized carbons (Fsp3) is 0.364. The molecule has 28 heavy (non-hydrogen) atoms. The highest BCUT2D eigenvalue weighted by atomic mass is 32.1. The molecule has 5 nitrogen and oxygen atoms in total. The van der Waals surface area contributed by atoms with Crippen molar-refractivity contribution in [1.29, 1.82) is 0 Å². The summed E-state index contributed by atoms with van der Waals surface area (Å²) in [6, 6.07) is 12.2. The maximum Gasteiger partial charge on any atom is 0.227 e. The standard InChI is InChI=1S/C22H25N3O2S/c1-15-4-5-17(12-16(15)2)13-21(26)24-8-10-25(11-9-24)22-23-19-7-6-18(27-3)14-20(19)28-22/h4-7,12,14H,8-11,13H2,1-3H3. The third-order valence-electron chi connectivity index (χ3n) is 5.41. The van der Waals surface area contributed by atoms with E-state index in [0.29, 0.717) is 6.42 Å². The Balaban J connectivity index is 1.38. The van der Waals surface area contributed by atoms with Crippen LogP contribution in [0.4, 0.5) is 5.13 Å². The minimum atomic E-state index is 0.205. The van der Waals surface area contributed by atoms with Crippen molar-refractivity contribution in [2.75, 3.05) is 38.2 Å². The Bertz CT molecular complexity index is 1010. The van der Waals surface area contributed by atoms with Gasteiger partial charge in [-0.05, 0) is 48.7 Å². The van der Waals surface area contributed by atoms with Crippen LogP contribution in [0.25, 0.3) is 10.2 Å². The van der Waals surface area contributed by atoms with Gasteiger partial charge in [0.15, 0.2) is 5.13 Å². The van der Waals surface area contributed by atoms with Crippen LogP contribution in [-0.4, -0.2) is 49.1 Å². The van der Waals surface area contributed by atoms with E-state index in [1.165, 1.54) is 11.1 Å². The first-order chi connectivity index (χ1) is 13.5. The van der Waals surface area contributed by atoms with Gasteiger partial charge in [-0.15, -0.1) is 0 Å². The number of aryl methyl sites for hydroxylation is 2. The normalized spacial score (nSPS) is 14.5. The van der Waals surface area contributed by atoms with Gasteiger partial charge in [-0.3, -0.25) is 4.79 Å². The second kappa shape index (κ2) is 7.80. The minimum Gasteiger partial charge on any atom is -0.497 e. The van der Waals surface area contributed by atoms with Gasteiger partial charge in [-0.1, -0.05) is 29.5 Å². The van der Waals surface area contributed by atoms with Gasteiger partial charge in [0, 0.05) is 26.2 Å². The number of aromatic nitrogens is 1. The number of carbonyl (C=O) groups is 1. The molecule has 3 aromatic rings. The van der Waals surface area contributed by atoms with E-state index in [-0.39, 0.29) is 5.91 Å². The number of rotatable bonds is 4. The number of benzene rings is 2. The van der Waals surface area contributed by atoms with Gasteiger partial charge < -0.3 is 14.5 Å². The highest BCUT2D eigenvalue weighted by Gasteiger charge is 2.23. The van der Waals surface area contributed by atoms with Gasteiger partial charge in [0.05, 0.1) is 23.7 Å². The Morgan fingerprint density at radius 2 is 1.86 bits per heavy atom. The molecule has 0 radical (unpaired) electrons. The maximum absolute atomic E-state index is 12.7. The lowest BCUT2D eigenvalue weighted by atomic mass is 10.0. The number of methoxy groups -OCH3 is 1. The molecule has 0 saturated carbocycles. The summed E-state index contributed by atoms with van der Waals surface area (Å²) in [5.74, 6) is 1.06. The molecular weight excluding hydrogens is 370 g/mol. The second-order valence-corrected chi connectivity index (χ2v) is 8.30. The van der Waals surface area contributed by atoms with Crippen LogP contribution in [0.1, 0.15) is 16.7 Å². The predicted octanol–water partition coefficient (Wildman–Crippen LogP) is 3.81. The van der Waals surface area contributed by atoms with E-state index in [4.69, 9.17) is 9.72 Å². The minimum absolute atomic E-state index is 0.205. The summed E-state index contributed by atoms with van der Waals surface area (Å²) >= 11 is 1.68. The zero-order valence-corrected chi connectivity index (χ0v) is 17.4. The number of hydrogen-bond donors (Lipinski definition) is 0. The number of piperazine rings is 1. The highest BCUT2D eigenvalue weighted by Crippen LogP contribution is 2.31. The Labute approximate surface area is 169 Å². The quantitative estimate of drug-likeness (QED) is 0.674. The van der Waals surface area contributed by atoms with Gasteiger partial charge >= 0.3 is 0 Å². The summed E-state index contributed by atoms with van der Waals surface area (Å²) in [6.45, 7) is 7.30. The van der Waals surface area contributed by atoms with E-state index in [0.717, 1.165) is 52.8 Å².